The highest BCUT2D eigenvalue weighted by molar-refractivity contribution is 9.10. The number of methoxy groups -OCH3 is 1. The standard InChI is InChI=1S/C13H19BrN2O/c1-3-4-7-16-13(9-15)11-8-10(17-2)5-6-12(11)14/h3,5-6,8,13,16H,1,4,7,9,15H2,2H3. The zero-order valence-corrected chi connectivity index (χ0v) is 11.7. The molecule has 0 aliphatic carbocycles. The smallest absolute Gasteiger partial charge is 0.119 e. The van der Waals surface area contributed by atoms with E-state index >= 15 is 0 Å². The highest BCUT2D eigenvalue weighted by Gasteiger charge is 2.12. The van der Waals surface area contributed by atoms with Gasteiger partial charge < -0.3 is 15.8 Å². The monoisotopic (exact) mass is 298 g/mol. The van der Waals surface area contributed by atoms with Gasteiger partial charge in [-0.2, -0.15) is 0 Å². The number of benzene rings is 1. The largest absolute Gasteiger partial charge is 0.497 e. The first-order valence-electron chi connectivity index (χ1n) is 5.60. The number of ether oxygens (including phenoxy) is 1. The van der Waals surface area contributed by atoms with Gasteiger partial charge in [-0.25, -0.2) is 0 Å². The summed E-state index contributed by atoms with van der Waals surface area (Å²) in [4.78, 5) is 0. The van der Waals surface area contributed by atoms with E-state index in [0.717, 1.165) is 28.8 Å². The molecule has 3 nitrogen and oxygen atoms in total. The van der Waals surface area contributed by atoms with Crippen LogP contribution in [0, 0.1) is 0 Å². The van der Waals surface area contributed by atoms with Crippen molar-refractivity contribution in [3.05, 3.63) is 40.9 Å². The lowest BCUT2D eigenvalue weighted by Crippen LogP contribution is -2.29. The molecule has 94 valence electrons. The maximum atomic E-state index is 5.80. The minimum Gasteiger partial charge on any atom is -0.497 e. The topological polar surface area (TPSA) is 47.3 Å². The quantitative estimate of drug-likeness (QED) is 0.601. The van der Waals surface area contributed by atoms with Crippen molar-refractivity contribution in [1.29, 1.82) is 0 Å². The molecule has 3 N–H and O–H groups in total. The molecule has 4 heteroatoms. The average molecular weight is 299 g/mol. The third-order valence-electron chi connectivity index (χ3n) is 2.55. The van der Waals surface area contributed by atoms with Crippen molar-refractivity contribution < 1.29 is 4.74 Å². The maximum Gasteiger partial charge on any atom is 0.119 e. The molecule has 0 saturated heterocycles. The van der Waals surface area contributed by atoms with Gasteiger partial charge in [0.25, 0.3) is 0 Å². The number of nitrogens with one attached hydrogen (secondary N) is 1. The molecule has 0 bridgehead atoms. The summed E-state index contributed by atoms with van der Waals surface area (Å²) >= 11 is 3.54. The Hall–Kier alpha value is -0.840. The zero-order chi connectivity index (χ0) is 12.7. The van der Waals surface area contributed by atoms with E-state index in [-0.39, 0.29) is 6.04 Å². The van der Waals surface area contributed by atoms with Crippen molar-refractivity contribution in [2.24, 2.45) is 5.73 Å². The van der Waals surface area contributed by atoms with Gasteiger partial charge in [0.2, 0.25) is 0 Å². The van der Waals surface area contributed by atoms with Crippen LogP contribution in [0.4, 0.5) is 0 Å². The normalized spacial score (nSPS) is 12.2. The fraction of sp³-hybridized carbons (Fsp3) is 0.385. The van der Waals surface area contributed by atoms with Crippen LogP contribution in [0.15, 0.2) is 35.3 Å². The number of halogens is 1. The predicted molar refractivity (Wildman–Crippen MR) is 75.3 cm³/mol. The third-order valence-corrected chi connectivity index (χ3v) is 3.28. The van der Waals surface area contributed by atoms with Gasteiger partial charge in [-0.1, -0.05) is 22.0 Å². The van der Waals surface area contributed by atoms with Crippen LogP contribution >= 0.6 is 15.9 Å². The molecular formula is C13H19BrN2O. The predicted octanol–water partition coefficient (Wildman–Crippen LogP) is 2.62. The van der Waals surface area contributed by atoms with Crippen molar-refractivity contribution in [2.75, 3.05) is 20.2 Å². The van der Waals surface area contributed by atoms with Crippen LogP contribution in [-0.4, -0.2) is 20.2 Å². The lowest BCUT2D eigenvalue weighted by molar-refractivity contribution is 0.413. The Balaban J connectivity index is 2.82. The molecule has 17 heavy (non-hydrogen) atoms. The Morgan fingerprint density at radius 2 is 2.35 bits per heavy atom. The van der Waals surface area contributed by atoms with E-state index in [2.05, 4.69) is 27.8 Å². The number of hydrogen-bond donors (Lipinski definition) is 2. The first-order valence-corrected chi connectivity index (χ1v) is 6.40. The molecule has 0 amide bonds. The molecule has 0 aliphatic heterocycles. The highest BCUT2D eigenvalue weighted by atomic mass is 79.9. The summed E-state index contributed by atoms with van der Waals surface area (Å²) in [5, 5.41) is 3.40. The van der Waals surface area contributed by atoms with E-state index in [4.69, 9.17) is 10.5 Å². The molecule has 0 aromatic heterocycles. The van der Waals surface area contributed by atoms with E-state index in [1.807, 2.05) is 24.3 Å². The van der Waals surface area contributed by atoms with E-state index in [9.17, 15) is 0 Å². The number of rotatable bonds is 7. The summed E-state index contributed by atoms with van der Waals surface area (Å²) in [5.74, 6) is 0.840. The Labute approximate surface area is 111 Å². The lowest BCUT2D eigenvalue weighted by atomic mass is 10.1. The average Bonchev–Trinajstić information content (AvgIpc) is 2.36. The Bertz CT molecular complexity index is 368. The van der Waals surface area contributed by atoms with E-state index in [1.54, 1.807) is 7.11 Å². The van der Waals surface area contributed by atoms with Crippen LogP contribution in [-0.2, 0) is 0 Å². The second kappa shape index (κ2) is 7.48. The number of nitrogens with two attached hydrogens (primary N) is 1. The van der Waals surface area contributed by atoms with Gasteiger partial charge in [0.15, 0.2) is 0 Å². The van der Waals surface area contributed by atoms with Crippen LogP contribution in [0.25, 0.3) is 0 Å². The van der Waals surface area contributed by atoms with Crippen molar-refractivity contribution in [2.45, 2.75) is 12.5 Å². The fourth-order valence-electron chi connectivity index (χ4n) is 1.60. The molecule has 1 unspecified atom stereocenters. The van der Waals surface area contributed by atoms with Crippen LogP contribution < -0.4 is 15.8 Å². The van der Waals surface area contributed by atoms with Crippen molar-refractivity contribution in [3.63, 3.8) is 0 Å². The molecule has 0 spiro atoms. The van der Waals surface area contributed by atoms with Gasteiger partial charge >= 0.3 is 0 Å². The molecule has 1 aromatic carbocycles. The summed E-state index contributed by atoms with van der Waals surface area (Å²) < 4.78 is 6.27. The second-order valence-corrected chi connectivity index (χ2v) is 4.56. The summed E-state index contributed by atoms with van der Waals surface area (Å²) in [7, 11) is 1.66. The Morgan fingerprint density at radius 3 is 2.94 bits per heavy atom. The van der Waals surface area contributed by atoms with Gasteiger partial charge in [-0.15, -0.1) is 6.58 Å². The van der Waals surface area contributed by atoms with Crippen LogP contribution in [0.5, 0.6) is 5.75 Å². The first kappa shape index (κ1) is 14.2. The lowest BCUT2D eigenvalue weighted by Gasteiger charge is -2.19. The van der Waals surface area contributed by atoms with Gasteiger partial charge in [0, 0.05) is 17.1 Å². The van der Waals surface area contributed by atoms with Gasteiger partial charge in [0.1, 0.15) is 5.75 Å². The molecule has 0 radical (unpaired) electrons. The fourth-order valence-corrected chi connectivity index (χ4v) is 2.12. The van der Waals surface area contributed by atoms with Crippen molar-refractivity contribution >= 4 is 15.9 Å². The summed E-state index contributed by atoms with van der Waals surface area (Å²) in [5.41, 5.74) is 6.92. The van der Waals surface area contributed by atoms with Gasteiger partial charge in [-0.05, 0) is 36.7 Å². The van der Waals surface area contributed by atoms with Crippen LogP contribution in [0.3, 0.4) is 0 Å². The van der Waals surface area contributed by atoms with E-state index in [1.165, 1.54) is 0 Å². The third kappa shape index (κ3) is 4.15. The van der Waals surface area contributed by atoms with E-state index < -0.39 is 0 Å². The first-order chi connectivity index (χ1) is 8.22. The zero-order valence-electron chi connectivity index (χ0n) is 10.1. The molecule has 0 aliphatic rings. The second-order valence-electron chi connectivity index (χ2n) is 3.71. The summed E-state index contributed by atoms with van der Waals surface area (Å²) in [6.45, 7) is 5.12. The summed E-state index contributed by atoms with van der Waals surface area (Å²) in [6.07, 6.45) is 2.82. The molecule has 1 atom stereocenters. The SMILES string of the molecule is C=CCCNC(CN)c1cc(OC)ccc1Br. The molecule has 0 saturated carbocycles. The minimum absolute atomic E-state index is 0.124. The van der Waals surface area contributed by atoms with Gasteiger partial charge in [0.05, 0.1) is 7.11 Å². The minimum atomic E-state index is 0.124. The number of hydrogen-bond acceptors (Lipinski definition) is 3. The summed E-state index contributed by atoms with van der Waals surface area (Å²) in [6, 6.07) is 6.03. The van der Waals surface area contributed by atoms with Gasteiger partial charge in [-0.3, -0.25) is 0 Å². The maximum absolute atomic E-state index is 5.80. The van der Waals surface area contributed by atoms with Crippen LogP contribution in [0.2, 0.25) is 0 Å². The molecule has 0 fully saturated rings. The van der Waals surface area contributed by atoms with E-state index in [0.29, 0.717) is 6.54 Å². The highest BCUT2D eigenvalue weighted by Crippen LogP contribution is 2.27. The molecular weight excluding hydrogens is 280 g/mol. The van der Waals surface area contributed by atoms with Crippen molar-refractivity contribution in [1.82, 2.24) is 5.32 Å². The molecule has 0 heterocycles. The molecule has 1 aromatic rings. The van der Waals surface area contributed by atoms with Crippen molar-refractivity contribution in [3.8, 4) is 5.75 Å². The van der Waals surface area contributed by atoms with Crippen LogP contribution in [0.1, 0.15) is 18.0 Å². The Morgan fingerprint density at radius 1 is 1.59 bits per heavy atom. The molecule has 1 rings (SSSR count). The Kier molecular flexibility index (Phi) is 6.26.